The van der Waals surface area contributed by atoms with Crippen molar-refractivity contribution in [3.05, 3.63) is 65.5 Å². The Morgan fingerprint density at radius 3 is 2.59 bits per heavy atom. The molecule has 3 rings (SSSR count). The molecule has 0 spiro atoms. The van der Waals surface area contributed by atoms with Crippen molar-refractivity contribution in [1.82, 2.24) is 5.32 Å². The Morgan fingerprint density at radius 1 is 1.21 bits per heavy atom. The highest BCUT2D eigenvalue weighted by Crippen LogP contribution is 2.37. The fraction of sp³-hybridized carbons (Fsp3) is 0.435. The standard InChI is InChI=1S/C23H27FN2O3/c24-19-3-1-2-18(14-19)23(28)11-8-20(9-12-23)26-15-21(27)16-29-22-6-4-17(5-7-22)10-13-25/h1-7,14,20-21,26-28H,8-12,15-16H2. The van der Waals surface area contributed by atoms with Crippen LogP contribution in [0.5, 0.6) is 5.75 Å². The average Bonchev–Trinajstić information content (AvgIpc) is 2.73. The molecule has 2 aromatic rings. The molecule has 1 aliphatic rings. The second kappa shape index (κ2) is 9.84. The van der Waals surface area contributed by atoms with E-state index in [0.717, 1.165) is 18.4 Å². The fourth-order valence-corrected chi connectivity index (χ4v) is 3.71. The Labute approximate surface area is 170 Å². The van der Waals surface area contributed by atoms with E-state index in [1.807, 2.05) is 12.1 Å². The molecule has 1 atom stereocenters. The van der Waals surface area contributed by atoms with Gasteiger partial charge in [-0.15, -0.1) is 0 Å². The lowest BCUT2D eigenvalue weighted by molar-refractivity contribution is -0.0100. The van der Waals surface area contributed by atoms with Gasteiger partial charge in [-0.25, -0.2) is 4.39 Å². The smallest absolute Gasteiger partial charge is 0.123 e. The summed E-state index contributed by atoms with van der Waals surface area (Å²) >= 11 is 0. The van der Waals surface area contributed by atoms with Crippen LogP contribution in [0.1, 0.15) is 36.8 Å². The Bertz CT molecular complexity index is 827. The monoisotopic (exact) mass is 398 g/mol. The van der Waals surface area contributed by atoms with Crippen LogP contribution in [-0.2, 0) is 12.0 Å². The second-order valence-corrected chi connectivity index (χ2v) is 7.67. The van der Waals surface area contributed by atoms with Crippen LogP contribution in [0.2, 0.25) is 0 Å². The Hall–Kier alpha value is -2.46. The van der Waals surface area contributed by atoms with Crippen molar-refractivity contribution < 1.29 is 19.3 Å². The molecular weight excluding hydrogens is 371 g/mol. The van der Waals surface area contributed by atoms with Crippen LogP contribution < -0.4 is 10.1 Å². The van der Waals surface area contributed by atoms with Gasteiger partial charge in [-0.2, -0.15) is 5.26 Å². The van der Waals surface area contributed by atoms with Crippen LogP contribution in [0.25, 0.3) is 0 Å². The van der Waals surface area contributed by atoms with Crippen molar-refractivity contribution in [2.45, 2.75) is 49.9 Å². The third-order valence-electron chi connectivity index (χ3n) is 5.47. The van der Waals surface area contributed by atoms with Crippen LogP contribution >= 0.6 is 0 Å². The van der Waals surface area contributed by atoms with E-state index in [2.05, 4.69) is 11.4 Å². The summed E-state index contributed by atoms with van der Waals surface area (Å²) in [6, 6.07) is 15.7. The van der Waals surface area contributed by atoms with Crippen molar-refractivity contribution in [2.75, 3.05) is 13.2 Å². The first kappa shape index (κ1) is 21.3. The molecule has 3 N–H and O–H groups in total. The highest BCUT2D eigenvalue weighted by Gasteiger charge is 2.34. The van der Waals surface area contributed by atoms with E-state index in [9.17, 15) is 14.6 Å². The van der Waals surface area contributed by atoms with Gasteiger partial charge in [0.2, 0.25) is 0 Å². The SMILES string of the molecule is N#CCc1ccc(OCC(O)CNC2CCC(O)(c3cccc(F)c3)CC2)cc1. The van der Waals surface area contributed by atoms with Gasteiger partial charge in [0.1, 0.15) is 24.3 Å². The molecule has 154 valence electrons. The number of hydrogen-bond donors (Lipinski definition) is 3. The van der Waals surface area contributed by atoms with Crippen molar-refractivity contribution in [1.29, 1.82) is 5.26 Å². The molecule has 2 aromatic carbocycles. The summed E-state index contributed by atoms with van der Waals surface area (Å²) in [5.74, 6) is 0.322. The zero-order valence-electron chi connectivity index (χ0n) is 16.4. The molecule has 0 heterocycles. The third kappa shape index (κ3) is 6.01. The fourth-order valence-electron chi connectivity index (χ4n) is 3.71. The van der Waals surface area contributed by atoms with E-state index in [0.29, 0.717) is 37.1 Å². The van der Waals surface area contributed by atoms with Crippen LogP contribution in [0.4, 0.5) is 4.39 Å². The van der Waals surface area contributed by atoms with Crippen LogP contribution in [0.15, 0.2) is 48.5 Å². The summed E-state index contributed by atoms with van der Waals surface area (Å²) in [6.45, 7) is 0.570. The minimum atomic E-state index is -0.986. The number of ether oxygens (including phenoxy) is 1. The molecule has 1 unspecified atom stereocenters. The first-order valence-electron chi connectivity index (χ1n) is 9.97. The summed E-state index contributed by atoms with van der Waals surface area (Å²) in [7, 11) is 0. The van der Waals surface area contributed by atoms with Gasteiger partial charge in [0.05, 0.1) is 18.1 Å². The second-order valence-electron chi connectivity index (χ2n) is 7.67. The largest absolute Gasteiger partial charge is 0.491 e. The van der Waals surface area contributed by atoms with Gasteiger partial charge in [0.15, 0.2) is 0 Å². The molecule has 0 amide bonds. The number of rotatable bonds is 8. The van der Waals surface area contributed by atoms with Gasteiger partial charge < -0.3 is 20.3 Å². The minimum Gasteiger partial charge on any atom is -0.491 e. The van der Waals surface area contributed by atoms with Gasteiger partial charge in [0, 0.05) is 12.6 Å². The van der Waals surface area contributed by atoms with E-state index < -0.39 is 11.7 Å². The number of halogens is 1. The van der Waals surface area contributed by atoms with E-state index >= 15 is 0 Å². The summed E-state index contributed by atoms with van der Waals surface area (Å²) < 4.78 is 19.0. The molecule has 1 fully saturated rings. The first-order valence-corrected chi connectivity index (χ1v) is 9.97. The predicted octanol–water partition coefficient (Wildman–Crippen LogP) is 3.05. The summed E-state index contributed by atoms with van der Waals surface area (Å²) in [5, 5.41) is 33.0. The van der Waals surface area contributed by atoms with Crippen molar-refractivity contribution in [2.24, 2.45) is 0 Å². The van der Waals surface area contributed by atoms with Gasteiger partial charge in [-0.1, -0.05) is 24.3 Å². The van der Waals surface area contributed by atoms with Gasteiger partial charge in [-0.05, 0) is 61.1 Å². The zero-order valence-corrected chi connectivity index (χ0v) is 16.4. The maximum atomic E-state index is 13.5. The van der Waals surface area contributed by atoms with E-state index in [1.54, 1.807) is 24.3 Å². The molecule has 0 aliphatic heterocycles. The van der Waals surface area contributed by atoms with Gasteiger partial charge in [0.25, 0.3) is 0 Å². The molecule has 5 nitrogen and oxygen atoms in total. The number of benzene rings is 2. The van der Waals surface area contributed by atoms with Crippen molar-refractivity contribution in [3.63, 3.8) is 0 Å². The number of aliphatic hydroxyl groups is 2. The number of hydrogen-bond acceptors (Lipinski definition) is 5. The zero-order chi connectivity index (χ0) is 20.7. The average molecular weight is 398 g/mol. The molecule has 1 aliphatic carbocycles. The molecule has 0 bridgehead atoms. The molecular formula is C23H27FN2O3. The first-order chi connectivity index (χ1) is 14.0. The maximum absolute atomic E-state index is 13.5. The Kier molecular flexibility index (Phi) is 7.21. The third-order valence-corrected chi connectivity index (χ3v) is 5.47. The van der Waals surface area contributed by atoms with Crippen molar-refractivity contribution in [3.8, 4) is 11.8 Å². The predicted molar refractivity (Wildman–Crippen MR) is 108 cm³/mol. The van der Waals surface area contributed by atoms with E-state index in [1.165, 1.54) is 12.1 Å². The van der Waals surface area contributed by atoms with Crippen molar-refractivity contribution >= 4 is 0 Å². The number of nitrogens with one attached hydrogen (secondary N) is 1. The Morgan fingerprint density at radius 2 is 1.93 bits per heavy atom. The molecule has 0 radical (unpaired) electrons. The minimum absolute atomic E-state index is 0.171. The van der Waals surface area contributed by atoms with E-state index in [4.69, 9.17) is 10.00 Å². The molecule has 1 saturated carbocycles. The van der Waals surface area contributed by atoms with Gasteiger partial charge >= 0.3 is 0 Å². The summed E-state index contributed by atoms with van der Waals surface area (Å²) in [5.41, 5.74) is 0.572. The summed E-state index contributed by atoms with van der Waals surface area (Å²) in [4.78, 5) is 0. The molecule has 0 saturated heterocycles. The lowest BCUT2D eigenvalue weighted by Gasteiger charge is -2.37. The lowest BCUT2D eigenvalue weighted by Crippen LogP contribution is -2.43. The highest BCUT2D eigenvalue weighted by atomic mass is 19.1. The quantitative estimate of drug-likeness (QED) is 0.636. The molecule has 0 aromatic heterocycles. The maximum Gasteiger partial charge on any atom is 0.123 e. The number of nitriles is 1. The molecule has 29 heavy (non-hydrogen) atoms. The summed E-state index contributed by atoms with van der Waals surface area (Å²) in [6.07, 6.45) is 2.31. The van der Waals surface area contributed by atoms with Crippen LogP contribution in [-0.4, -0.2) is 35.5 Å². The Balaban J connectivity index is 1.39. The van der Waals surface area contributed by atoms with Gasteiger partial charge in [-0.3, -0.25) is 0 Å². The number of aliphatic hydroxyl groups excluding tert-OH is 1. The lowest BCUT2D eigenvalue weighted by atomic mass is 9.77. The number of nitrogens with zero attached hydrogens (tertiary/aromatic N) is 1. The van der Waals surface area contributed by atoms with Crippen LogP contribution in [0, 0.1) is 17.1 Å². The molecule has 6 heteroatoms. The highest BCUT2D eigenvalue weighted by molar-refractivity contribution is 5.28. The van der Waals surface area contributed by atoms with E-state index in [-0.39, 0.29) is 18.5 Å². The normalized spacial score (nSPS) is 22.6. The van der Waals surface area contributed by atoms with Crippen LogP contribution in [0.3, 0.4) is 0 Å². The topological polar surface area (TPSA) is 85.5 Å².